The predicted molar refractivity (Wildman–Crippen MR) is 87.7 cm³/mol. The Morgan fingerprint density at radius 2 is 1.91 bits per heavy atom. The number of benzene rings is 1. The molecule has 124 valence electrons. The van der Waals surface area contributed by atoms with Gasteiger partial charge in [-0.3, -0.25) is 4.90 Å². The summed E-state index contributed by atoms with van der Waals surface area (Å²) in [6, 6.07) is 10.2. The first-order valence-electron chi connectivity index (χ1n) is 8.30. The van der Waals surface area contributed by atoms with Crippen LogP contribution in [0, 0.1) is 0 Å². The van der Waals surface area contributed by atoms with Crippen molar-refractivity contribution < 1.29 is 9.52 Å². The summed E-state index contributed by atoms with van der Waals surface area (Å²) < 4.78 is 5.82. The second-order valence-corrected chi connectivity index (χ2v) is 7.11. The highest BCUT2D eigenvalue weighted by molar-refractivity contribution is 5.14. The molecule has 1 aromatic heterocycles. The summed E-state index contributed by atoms with van der Waals surface area (Å²) in [5, 5.41) is 18.6. The molecule has 0 bridgehead atoms. The molecule has 0 amide bonds. The van der Waals surface area contributed by atoms with Gasteiger partial charge in [0.2, 0.25) is 11.8 Å². The Labute approximate surface area is 137 Å². The molecule has 0 unspecified atom stereocenters. The van der Waals surface area contributed by atoms with Crippen LogP contribution in [0.15, 0.2) is 34.7 Å². The van der Waals surface area contributed by atoms with Crippen molar-refractivity contribution in [3.8, 4) is 0 Å². The van der Waals surface area contributed by atoms with Crippen molar-refractivity contribution in [2.45, 2.75) is 57.7 Å². The Bertz CT molecular complexity index is 615. The van der Waals surface area contributed by atoms with Crippen LogP contribution in [0.25, 0.3) is 0 Å². The van der Waals surface area contributed by atoms with E-state index in [1.807, 2.05) is 32.0 Å². The first-order valence-corrected chi connectivity index (χ1v) is 8.30. The van der Waals surface area contributed by atoms with E-state index in [0.29, 0.717) is 24.9 Å². The highest BCUT2D eigenvalue weighted by Gasteiger charge is 2.26. The van der Waals surface area contributed by atoms with E-state index in [1.54, 1.807) is 0 Å². The molecule has 5 nitrogen and oxygen atoms in total. The molecule has 1 aliphatic rings. The monoisotopic (exact) mass is 315 g/mol. The Hall–Kier alpha value is -1.72. The molecular formula is C18H25N3O2. The van der Waals surface area contributed by atoms with Crippen LogP contribution in [0.4, 0.5) is 0 Å². The van der Waals surface area contributed by atoms with Gasteiger partial charge in [-0.15, -0.1) is 10.2 Å². The summed E-state index contributed by atoms with van der Waals surface area (Å²) in [7, 11) is 0. The Morgan fingerprint density at radius 1 is 1.17 bits per heavy atom. The first kappa shape index (κ1) is 16.1. The van der Waals surface area contributed by atoms with E-state index in [9.17, 15) is 5.11 Å². The number of aliphatic hydroxyl groups is 1. The lowest BCUT2D eigenvalue weighted by atomic mass is 9.85. The van der Waals surface area contributed by atoms with E-state index >= 15 is 0 Å². The molecule has 1 saturated carbocycles. The minimum atomic E-state index is -0.772. The summed E-state index contributed by atoms with van der Waals surface area (Å²) in [5.74, 6) is 1.86. The maximum Gasteiger partial charge on any atom is 0.230 e. The van der Waals surface area contributed by atoms with Gasteiger partial charge in [-0.05, 0) is 32.3 Å². The molecule has 3 rings (SSSR count). The third kappa shape index (κ3) is 4.62. The van der Waals surface area contributed by atoms with Gasteiger partial charge < -0.3 is 9.52 Å². The standard InChI is InChI=1S/C18H25N3O2/c1-18(2,22)13-21(11-14-7-4-3-5-8-14)12-16-19-20-17(23-16)15-9-6-10-15/h3-5,7-8,15,22H,6,9-13H2,1-2H3. The van der Waals surface area contributed by atoms with Gasteiger partial charge in [0, 0.05) is 19.0 Å². The summed E-state index contributed by atoms with van der Waals surface area (Å²) in [5.41, 5.74) is 0.432. The molecular weight excluding hydrogens is 290 g/mol. The van der Waals surface area contributed by atoms with Gasteiger partial charge >= 0.3 is 0 Å². The van der Waals surface area contributed by atoms with Gasteiger partial charge in [-0.2, -0.15) is 0 Å². The van der Waals surface area contributed by atoms with Crippen LogP contribution >= 0.6 is 0 Å². The third-order valence-electron chi connectivity index (χ3n) is 4.16. The number of nitrogens with zero attached hydrogens (tertiary/aromatic N) is 3. The van der Waals surface area contributed by atoms with Crippen molar-refractivity contribution in [1.82, 2.24) is 15.1 Å². The molecule has 0 spiro atoms. The normalized spacial score (nSPS) is 15.8. The van der Waals surface area contributed by atoms with E-state index in [-0.39, 0.29) is 0 Å². The number of aromatic nitrogens is 2. The van der Waals surface area contributed by atoms with E-state index in [0.717, 1.165) is 25.3 Å². The van der Waals surface area contributed by atoms with Crippen LogP contribution in [0.1, 0.15) is 56.4 Å². The topological polar surface area (TPSA) is 62.4 Å². The molecule has 0 radical (unpaired) electrons. The van der Waals surface area contributed by atoms with Crippen LogP contribution in [0.2, 0.25) is 0 Å². The van der Waals surface area contributed by atoms with E-state index in [1.165, 1.54) is 12.0 Å². The van der Waals surface area contributed by atoms with E-state index in [2.05, 4.69) is 27.2 Å². The smallest absolute Gasteiger partial charge is 0.230 e. The van der Waals surface area contributed by atoms with Crippen molar-refractivity contribution in [1.29, 1.82) is 0 Å². The summed E-state index contributed by atoms with van der Waals surface area (Å²) in [6.45, 7) is 5.48. The van der Waals surface area contributed by atoms with Gasteiger partial charge in [-0.25, -0.2) is 0 Å². The molecule has 23 heavy (non-hydrogen) atoms. The largest absolute Gasteiger partial charge is 0.424 e. The van der Waals surface area contributed by atoms with Crippen molar-refractivity contribution in [3.05, 3.63) is 47.7 Å². The zero-order valence-corrected chi connectivity index (χ0v) is 13.9. The van der Waals surface area contributed by atoms with Crippen molar-refractivity contribution in [2.75, 3.05) is 6.54 Å². The molecule has 2 aromatic rings. The predicted octanol–water partition coefficient (Wildman–Crippen LogP) is 3.11. The maximum absolute atomic E-state index is 10.2. The highest BCUT2D eigenvalue weighted by atomic mass is 16.4. The molecule has 0 atom stereocenters. The molecule has 1 N–H and O–H groups in total. The fourth-order valence-electron chi connectivity index (χ4n) is 2.90. The molecule has 1 fully saturated rings. The lowest BCUT2D eigenvalue weighted by molar-refractivity contribution is 0.0278. The molecule has 1 heterocycles. The summed E-state index contributed by atoms with van der Waals surface area (Å²) >= 11 is 0. The lowest BCUT2D eigenvalue weighted by Crippen LogP contribution is -2.38. The zero-order valence-electron chi connectivity index (χ0n) is 13.9. The van der Waals surface area contributed by atoms with Crippen LogP contribution in [-0.2, 0) is 13.1 Å². The van der Waals surface area contributed by atoms with Gasteiger partial charge in [0.1, 0.15) is 0 Å². The van der Waals surface area contributed by atoms with E-state index in [4.69, 9.17) is 4.42 Å². The number of hydrogen-bond acceptors (Lipinski definition) is 5. The molecule has 0 aliphatic heterocycles. The average Bonchev–Trinajstić information content (AvgIpc) is 2.84. The Morgan fingerprint density at radius 3 is 2.52 bits per heavy atom. The van der Waals surface area contributed by atoms with Crippen LogP contribution in [0.5, 0.6) is 0 Å². The second kappa shape index (κ2) is 6.81. The minimum Gasteiger partial charge on any atom is -0.424 e. The SMILES string of the molecule is CC(C)(O)CN(Cc1ccccc1)Cc1nnc(C2CCC2)o1. The Balaban J connectivity index is 1.68. The van der Waals surface area contributed by atoms with Gasteiger partial charge in [-0.1, -0.05) is 36.8 Å². The van der Waals surface area contributed by atoms with Gasteiger partial charge in [0.25, 0.3) is 0 Å². The molecule has 0 saturated heterocycles. The fourth-order valence-corrected chi connectivity index (χ4v) is 2.90. The second-order valence-electron chi connectivity index (χ2n) is 7.11. The first-order chi connectivity index (χ1) is 11.0. The fraction of sp³-hybridized carbons (Fsp3) is 0.556. The van der Waals surface area contributed by atoms with Gasteiger partial charge in [0.15, 0.2) is 0 Å². The van der Waals surface area contributed by atoms with Crippen LogP contribution < -0.4 is 0 Å². The van der Waals surface area contributed by atoms with Crippen LogP contribution in [0.3, 0.4) is 0 Å². The van der Waals surface area contributed by atoms with Crippen molar-refractivity contribution >= 4 is 0 Å². The summed E-state index contributed by atoms with van der Waals surface area (Å²) in [6.07, 6.45) is 3.55. The quantitative estimate of drug-likeness (QED) is 0.850. The molecule has 1 aromatic carbocycles. The molecule has 1 aliphatic carbocycles. The number of hydrogen-bond donors (Lipinski definition) is 1. The Kier molecular flexibility index (Phi) is 4.78. The molecule has 5 heteroatoms. The zero-order chi connectivity index (χ0) is 16.3. The third-order valence-corrected chi connectivity index (χ3v) is 4.16. The maximum atomic E-state index is 10.2. The van der Waals surface area contributed by atoms with Crippen molar-refractivity contribution in [2.24, 2.45) is 0 Å². The van der Waals surface area contributed by atoms with Crippen molar-refractivity contribution in [3.63, 3.8) is 0 Å². The minimum absolute atomic E-state index is 0.452. The average molecular weight is 315 g/mol. The number of rotatable bonds is 7. The highest BCUT2D eigenvalue weighted by Crippen LogP contribution is 2.35. The van der Waals surface area contributed by atoms with E-state index < -0.39 is 5.60 Å². The summed E-state index contributed by atoms with van der Waals surface area (Å²) in [4.78, 5) is 2.15. The van der Waals surface area contributed by atoms with Crippen LogP contribution in [-0.4, -0.2) is 32.3 Å². The van der Waals surface area contributed by atoms with Gasteiger partial charge in [0.05, 0.1) is 12.1 Å². The lowest BCUT2D eigenvalue weighted by Gasteiger charge is -2.28.